The summed E-state index contributed by atoms with van der Waals surface area (Å²) in [5, 5.41) is 3.40. The summed E-state index contributed by atoms with van der Waals surface area (Å²) in [5.41, 5.74) is 1.32. The van der Waals surface area contributed by atoms with Gasteiger partial charge in [0.1, 0.15) is 13.1 Å². The van der Waals surface area contributed by atoms with Gasteiger partial charge in [-0.25, -0.2) is 0 Å². The highest BCUT2D eigenvalue weighted by Crippen LogP contribution is 2.36. The van der Waals surface area contributed by atoms with Gasteiger partial charge < -0.3 is 15.0 Å². The Bertz CT molecular complexity index is 518. The first-order valence-electron chi connectivity index (χ1n) is 9.85. The Morgan fingerprint density at radius 2 is 2.04 bits per heavy atom. The normalized spacial score (nSPS) is 21.4. The Balaban J connectivity index is 1.97. The Morgan fingerprint density at radius 3 is 2.72 bits per heavy atom. The molecule has 1 aromatic carbocycles. The maximum absolute atomic E-state index is 6.45. The summed E-state index contributed by atoms with van der Waals surface area (Å²) in [6, 6.07) is 8.35. The Hall–Kier alpha value is -0.610. The molecule has 142 valence electrons. The van der Waals surface area contributed by atoms with Gasteiger partial charge in [-0.3, -0.25) is 0 Å². The molecule has 25 heavy (non-hydrogen) atoms. The van der Waals surface area contributed by atoms with Crippen molar-refractivity contribution in [1.29, 1.82) is 0 Å². The number of nitrogens with one attached hydrogen (secondary N) is 1. The van der Waals surface area contributed by atoms with E-state index >= 15 is 0 Å². The highest BCUT2D eigenvalue weighted by Gasteiger charge is 2.33. The monoisotopic (exact) mass is 368 g/mol. The molecule has 1 heterocycles. The summed E-state index contributed by atoms with van der Waals surface area (Å²) < 4.78 is 5.95. The number of hydrogen-bond donors (Lipinski definition) is 2. The molecule has 4 heteroatoms. The summed E-state index contributed by atoms with van der Waals surface area (Å²) in [5.74, 6) is 1.42. The van der Waals surface area contributed by atoms with Crippen LogP contribution in [0.5, 0.6) is 0 Å². The van der Waals surface area contributed by atoms with E-state index in [9.17, 15) is 0 Å². The van der Waals surface area contributed by atoms with Crippen molar-refractivity contribution in [3.63, 3.8) is 0 Å². The van der Waals surface area contributed by atoms with Crippen molar-refractivity contribution in [2.24, 2.45) is 11.8 Å². The molecule has 0 unspecified atom stereocenters. The van der Waals surface area contributed by atoms with Crippen molar-refractivity contribution in [1.82, 2.24) is 0 Å². The SMILES string of the molecule is C[NH+](C)CC[NH2+]CC[C@@H](Cc1ccccc1Cl)[C@H]1CCOC(C)(C)C1. The van der Waals surface area contributed by atoms with Crippen LogP contribution in [-0.4, -0.2) is 45.9 Å². The lowest BCUT2D eigenvalue weighted by molar-refractivity contribution is -0.874. The quantitative estimate of drug-likeness (QED) is 0.640. The summed E-state index contributed by atoms with van der Waals surface area (Å²) in [7, 11) is 4.44. The van der Waals surface area contributed by atoms with Gasteiger partial charge in [0, 0.05) is 11.6 Å². The molecule has 0 radical (unpaired) electrons. The number of benzene rings is 1. The Labute approximate surface area is 159 Å². The van der Waals surface area contributed by atoms with E-state index in [1.807, 2.05) is 12.1 Å². The minimum atomic E-state index is 0.0135. The molecule has 0 saturated carbocycles. The molecule has 0 bridgehead atoms. The van der Waals surface area contributed by atoms with Crippen LogP contribution in [0.3, 0.4) is 0 Å². The predicted octanol–water partition coefficient (Wildman–Crippen LogP) is 1.80. The molecular formula is C21H37ClN2O+2. The van der Waals surface area contributed by atoms with Crippen LogP contribution in [-0.2, 0) is 11.2 Å². The van der Waals surface area contributed by atoms with Crippen molar-refractivity contribution in [2.75, 3.05) is 40.3 Å². The lowest BCUT2D eigenvalue weighted by Gasteiger charge is -2.39. The first-order valence-corrected chi connectivity index (χ1v) is 10.2. The molecule has 2 rings (SSSR count). The van der Waals surface area contributed by atoms with Crippen LogP contribution >= 0.6 is 11.6 Å². The first kappa shape index (κ1) is 20.7. The molecule has 0 amide bonds. The molecule has 2 atom stereocenters. The Kier molecular flexibility index (Phi) is 8.21. The third-order valence-electron chi connectivity index (χ3n) is 5.43. The number of rotatable bonds is 9. The maximum atomic E-state index is 6.45. The zero-order valence-electron chi connectivity index (χ0n) is 16.5. The zero-order valence-corrected chi connectivity index (χ0v) is 17.2. The molecular weight excluding hydrogens is 332 g/mol. The summed E-state index contributed by atoms with van der Waals surface area (Å²) in [6.07, 6.45) is 4.69. The van der Waals surface area contributed by atoms with E-state index in [4.69, 9.17) is 16.3 Å². The molecule has 1 aliphatic heterocycles. The van der Waals surface area contributed by atoms with Crippen LogP contribution in [0.25, 0.3) is 0 Å². The van der Waals surface area contributed by atoms with Gasteiger partial charge >= 0.3 is 0 Å². The highest BCUT2D eigenvalue weighted by molar-refractivity contribution is 6.31. The molecule has 1 aliphatic rings. The lowest BCUT2D eigenvalue weighted by Crippen LogP contribution is -3.09. The van der Waals surface area contributed by atoms with Crippen molar-refractivity contribution in [3.8, 4) is 0 Å². The van der Waals surface area contributed by atoms with Gasteiger partial charge in [-0.2, -0.15) is 0 Å². The third-order valence-corrected chi connectivity index (χ3v) is 5.80. The number of ether oxygens (including phenoxy) is 1. The number of halogens is 1. The number of nitrogens with two attached hydrogens (primary N) is 1. The molecule has 1 aromatic rings. The summed E-state index contributed by atoms with van der Waals surface area (Å²) >= 11 is 6.45. The third kappa shape index (κ3) is 7.26. The summed E-state index contributed by atoms with van der Waals surface area (Å²) in [6.45, 7) is 9.00. The van der Waals surface area contributed by atoms with Gasteiger partial charge in [-0.05, 0) is 63.0 Å². The second-order valence-corrected chi connectivity index (χ2v) is 8.94. The van der Waals surface area contributed by atoms with E-state index in [-0.39, 0.29) is 5.60 Å². The van der Waals surface area contributed by atoms with Crippen LogP contribution < -0.4 is 10.2 Å². The predicted molar refractivity (Wildman–Crippen MR) is 105 cm³/mol. The van der Waals surface area contributed by atoms with Crippen LogP contribution in [0.4, 0.5) is 0 Å². The smallest absolute Gasteiger partial charge is 0.126 e. The standard InChI is InChI=1S/C21H35ClN2O/c1-21(2)16-19(10-14-25-21)17(9-11-23-12-13-24(3)4)15-18-7-5-6-8-20(18)22/h5-8,17,19,23H,9-16H2,1-4H3/p+2/t17-,19-/m0/s1. The van der Waals surface area contributed by atoms with E-state index in [2.05, 4.69) is 45.4 Å². The van der Waals surface area contributed by atoms with Crippen molar-refractivity contribution in [2.45, 2.75) is 45.1 Å². The van der Waals surface area contributed by atoms with E-state index in [0.717, 1.165) is 30.4 Å². The van der Waals surface area contributed by atoms with Crippen molar-refractivity contribution in [3.05, 3.63) is 34.9 Å². The van der Waals surface area contributed by atoms with Crippen LogP contribution in [0.2, 0.25) is 5.02 Å². The largest absolute Gasteiger partial charge is 0.376 e. The molecule has 0 aromatic heterocycles. The van der Waals surface area contributed by atoms with E-state index in [1.54, 1.807) is 0 Å². The highest BCUT2D eigenvalue weighted by atomic mass is 35.5. The maximum Gasteiger partial charge on any atom is 0.126 e. The first-order chi connectivity index (χ1) is 11.9. The molecule has 0 spiro atoms. The number of likely N-dealkylation sites (N-methyl/N-ethyl adjacent to an activating group) is 1. The fourth-order valence-corrected chi connectivity index (χ4v) is 4.21. The second kappa shape index (κ2) is 9.91. The topological polar surface area (TPSA) is 30.3 Å². The zero-order chi connectivity index (χ0) is 18.3. The molecule has 3 N–H and O–H groups in total. The van der Waals surface area contributed by atoms with Gasteiger partial charge in [-0.15, -0.1) is 0 Å². The molecule has 1 fully saturated rings. The van der Waals surface area contributed by atoms with Crippen molar-refractivity contribution >= 4 is 11.6 Å². The average Bonchev–Trinajstić information content (AvgIpc) is 2.54. The second-order valence-electron chi connectivity index (χ2n) is 8.53. The Morgan fingerprint density at radius 1 is 1.28 bits per heavy atom. The van der Waals surface area contributed by atoms with Gasteiger partial charge in [0.25, 0.3) is 0 Å². The fourth-order valence-electron chi connectivity index (χ4n) is 4.00. The minimum absolute atomic E-state index is 0.0135. The van der Waals surface area contributed by atoms with Crippen LogP contribution in [0.1, 0.15) is 38.7 Å². The molecule has 3 nitrogen and oxygen atoms in total. The van der Waals surface area contributed by atoms with Gasteiger partial charge in [0.2, 0.25) is 0 Å². The van der Waals surface area contributed by atoms with Crippen LogP contribution in [0, 0.1) is 11.8 Å². The van der Waals surface area contributed by atoms with E-state index in [0.29, 0.717) is 5.92 Å². The summed E-state index contributed by atoms with van der Waals surface area (Å²) in [4.78, 5) is 1.52. The van der Waals surface area contributed by atoms with Crippen LogP contribution in [0.15, 0.2) is 24.3 Å². The lowest BCUT2D eigenvalue weighted by atomic mass is 9.75. The van der Waals surface area contributed by atoms with E-state index in [1.165, 1.54) is 42.9 Å². The van der Waals surface area contributed by atoms with Crippen molar-refractivity contribution < 1.29 is 15.0 Å². The van der Waals surface area contributed by atoms with Gasteiger partial charge in [0.15, 0.2) is 0 Å². The van der Waals surface area contributed by atoms with Gasteiger partial charge in [0.05, 0.1) is 26.2 Å². The average molecular weight is 369 g/mol. The number of hydrogen-bond acceptors (Lipinski definition) is 1. The number of quaternary nitrogens is 2. The molecule has 0 aliphatic carbocycles. The minimum Gasteiger partial charge on any atom is -0.376 e. The van der Waals surface area contributed by atoms with Gasteiger partial charge in [-0.1, -0.05) is 29.8 Å². The fraction of sp³-hybridized carbons (Fsp3) is 0.714. The van der Waals surface area contributed by atoms with E-state index < -0.39 is 0 Å². The molecule has 1 saturated heterocycles.